The first-order valence-electron chi connectivity index (χ1n) is 7.27. The Morgan fingerprint density at radius 3 is 2.74 bits per heavy atom. The Kier molecular flexibility index (Phi) is 5.31. The average Bonchev–Trinajstić information content (AvgIpc) is 2.39. The highest BCUT2D eigenvalue weighted by molar-refractivity contribution is 7.99. The molecule has 0 amide bonds. The van der Waals surface area contributed by atoms with Crippen molar-refractivity contribution in [2.75, 3.05) is 25.4 Å². The van der Waals surface area contributed by atoms with Crippen molar-refractivity contribution in [2.24, 2.45) is 0 Å². The molecule has 1 aromatic carbocycles. The van der Waals surface area contributed by atoms with Gasteiger partial charge in [-0.25, -0.2) is 0 Å². The first-order chi connectivity index (χ1) is 9.11. The van der Waals surface area contributed by atoms with Crippen molar-refractivity contribution in [2.45, 2.75) is 43.7 Å². The zero-order valence-electron chi connectivity index (χ0n) is 12.4. The maximum absolute atomic E-state index is 3.65. The van der Waals surface area contributed by atoms with Gasteiger partial charge < -0.3 is 5.32 Å². The van der Waals surface area contributed by atoms with Crippen molar-refractivity contribution in [3.63, 3.8) is 0 Å². The van der Waals surface area contributed by atoms with Crippen LogP contribution in [-0.2, 0) is 0 Å². The van der Waals surface area contributed by atoms with Crippen LogP contribution in [0.3, 0.4) is 0 Å². The number of nitrogens with zero attached hydrogens (tertiary/aromatic N) is 1. The quantitative estimate of drug-likeness (QED) is 0.832. The number of rotatable bonds is 5. The van der Waals surface area contributed by atoms with Crippen molar-refractivity contribution in [3.05, 3.63) is 30.3 Å². The molecular formula is C16H26N2S. The highest BCUT2D eigenvalue weighted by Crippen LogP contribution is 2.20. The lowest BCUT2D eigenvalue weighted by Crippen LogP contribution is -2.61. The van der Waals surface area contributed by atoms with E-state index < -0.39 is 0 Å². The molecule has 2 rings (SSSR count). The number of benzene rings is 1. The van der Waals surface area contributed by atoms with E-state index >= 15 is 0 Å². The molecule has 0 spiro atoms. The van der Waals surface area contributed by atoms with E-state index in [0.717, 1.165) is 13.1 Å². The van der Waals surface area contributed by atoms with E-state index in [-0.39, 0.29) is 5.54 Å². The van der Waals surface area contributed by atoms with Crippen LogP contribution in [-0.4, -0.2) is 41.9 Å². The van der Waals surface area contributed by atoms with Gasteiger partial charge in [-0.3, -0.25) is 4.90 Å². The van der Waals surface area contributed by atoms with Crippen LogP contribution in [0.15, 0.2) is 35.2 Å². The normalized spacial score (nSPS) is 23.4. The van der Waals surface area contributed by atoms with Gasteiger partial charge >= 0.3 is 0 Å². The minimum Gasteiger partial charge on any atom is -0.309 e. The lowest BCUT2D eigenvalue weighted by molar-refractivity contribution is 0.0996. The van der Waals surface area contributed by atoms with Crippen LogP contribution in [0.2, 0.25) is 0 Å². The third kappa shape index (κ3) is 4.51. The third-order valence-corrected chi connectivity index (χ3v) is 4.78. The van der Waals surface area contributed by atoms with E-state index in [1.165, 1.54) is 23.6 Å². The second-order valence-electron chi connectivity index (χ2n) is 5.96. The summed E-state index contributed by atoms with van der Waals surface area (Å²) in [4.78, 5) is 4.04. The number of piperazine rings is 1. The maximum atomic E-state index is 3.65. The van der Waals surface area contributed by atoms with Gasteiger partial charge in [-0.05, 0) is 32.4 Å². The van der Waals surface area contributed by atoms with Crippen LogP contribution in [0, 0.1) is 0 Å². The Morgan fingerprint density at radius 1 is 1.32 bits per heavy atom. The highest BCUT2D eigenvalue weighted by atomic mass is 32.2. The van der Waals surface area contributed by atoms with Crippen molar-refractivity contribution in [3.8, 4) is 0 Å². The Labute approximate surface area is 122 Å². The Bertz CT molecular complexity index is 378. The molecule has 3 heteroatoms. The molecule has 0 bridgehead atoms. The van der Waals surface area contributed by atoms with Gasteiger partial charge in [0.1, 0.15) is 0 Å². The predicted molar refractivity (Wildman–Crippen MR) is 84.9 cm³/mol. The van der Waals surface area contributed by atoms with Crippen LogP contribution in [0.4, 0.5) is 0 Å². The fourth-order valence-corrected chi connectivity index (χ4v) is 3.59. The zero-order chi connectivity index (χ0) is 13.7. The van der Waals surface area contributed by atoms with Gasteiger partial charge in [0.25, 0.3) is 0 Å². The molecule has 1 N–H and O–H groups in total. The minimum absolute atomic E-state index is 0.253. The summed E-state index contributed by atoms with van der Waals surface area (Å²) >= 11 is 1.96. The molecule has 0 aromatic heterocycles. The molecule has 1 unspecified atom stereocenters. The monoisotopic (exact) mass is 278 g/mol. The van der Waals surface area contributed by atoms with E-state index in [1.807, 2.05) is 11.8 Å². The molecule has 1 aromatic rings. The molecule has 2 nitrogen and oxygen atoms in total. The van der Waals surface area contributed by atoms with E-state index in [0.29, 0.717) is 6.04 Å². The molecule has 1 fully saturated rings. The minimum atomic E-state index is 0.253. The Hall–Kier alpha value is -0.510. The van der Waals surface area contributed by atoms with E-state index in [9.17, 15) is 0 Å². The zero-order valence-corrected chi connectivity index (χ0v) is 13.2. The molecule has 106 valence electrons. The predicted octanol–water partition coefficient (Wildman–Crippen LogP) is 3.24. The smallest absolute Gasteiger partial charge is 0.0252 e. The standard InChI is InChI=1S/C16H26N2S/c1-4-14-12-17-16(2,3)13-18(14)10-11-19-15-8-6-5-7-9-15/h5-9,14,17H,4,10-13H2,1-3H3. The van der Waals surface area contributed by atoms with Crippen LogP contribution >= 0.6 is 11.8 Å². The third-order valence-electron chi connectivity index (χ3n) is 3.79. The molecule has 0 saturated carbocycles. The average molecular weight is 278 g/mol. The number of hydrogen-bond acceptors (Lipinski definition) is 3. The summed E-state index contributed by atoms with van der Waals surface area (Å²) in [6, 6.07) is 11.4. The highest BCUT2D eigenvalue weighted by Gasteiger charge is 2.30. The fraction of sp³-hybridized carbons (Fsp3) is 0.625. The number of hydrogen-bond donors (Lipinski definition) is 1. The number of nitrogens with one attached hydrogen (secondary N) is 1. The summed E-state index contributed by atoms with van der Waals surface area (Å²) in [6.07, 6.45) is 1.24. The fourth-order valence-electron chi connectivity index (χ4n) is 2.68. The Balaban J connectivity index is 1.82. The van der Waals surface area contributed by atoms with Crippen molar-refractivity contribution < 1.29 is 0 Å². The summed E-state index contributed by atoms with van der Waals surface area (Å²) in [6.45, 7) is 10.4. The summed E-state index contributed by atoms with van der Waals surface area (Å²) in [5.41, 5.74) is 0.253. The largest absolute Gasteiger partial charge is 0.309 e. The number of thioether (sulfide) groups is 1. The maximum Gasteiger partial charge on any atom is 0.0252 e. The van der Waals surface area contributed by atoms with Gasteiger partial charge in [-0.15, -0.1) is 11.8 Å². The summed E-state index contributed by atoms with van der Waals surface area (Å²) in [5, 5.41) is 3.65. The van der Waals surface area contributed by atoms with Crippen LogP contribution in [0.5, 0.6) is 0 Å². The molecule has 1 aliphatic rings. The molecule has 1 aliphatic heterocycles. The lowest BCUT2D eigenvalue weighted by Gasteiger charge is -2.44. The van der Waals surface area contributed by atoms with E-state index in [4.69, 9.17) is 0 Å². The van der Waals surface area contributed by atoms with E-state index in [2.05, 4.69) is 61.3 Å². The first-order valence-corrected chi connectivity index (χ1v) is 8.26. The topological polar surface area (TPSA) is 15.3 Å². The Morgan fingerprint density at radius 2 is 2.05 bits per heavy atom. The molecule has 1 atom stereocenters. The molecule has 0 radical (unpaired) electrons. The van der Waals surface area contributed by atoms with Crippen LogP contribution in [0.1, 0.15) is 27.2 Å². The van der Waals surface area contributed by atoms with Gasteiger partial charge in [0.05, 0.1) is 0 Å². The SMILES string of the molecule is CCC1CNC(C)(C)CN1CCSc1ccccc1. The molecule has 0 aliphatic carbocycles. The first kappa shape index (κ1) is 14.9. The molecule has 1 heterocycles. The van der Waals surface area contributed by atoms with Gasteiger partial charge in [0.15, 0.2) is 0 Å². The van der Waals surface area contributed by atoms with Crippen molar-refractivity contribution in [1.29, 1.82) is 0 Å². The second-order valence-corrected chi connectivity index (χ2v) is 7.13. The molecule has 1 saturated heterocycles. The molecular weight excluding hydrogens is 252 g/mol. The van der Waals surface area contributed by atoms with Crippen molar-refractivity contribution >= 4 is 11.8 Å². The van der Waals surface area contributed by atoms with E-state index in [1.54, 1.807) is 0 Å². The van der Waals surface area contributed by atoms with Gasteiger partial charge in [0, 0.05) is 41.9 Å². The summed E-state index contributed by atoms with van der Waals surface area (Å²) in [5.74, 6) is 1.18. The molecule has 19 heavy (non-hydrogen) atoms. The lowest BCUT2D eigenvalue weighted by atomic mass is 9.98. The van der Waals surface area contributed by atoms with Gasteiger partial charge in [0.2, 0.25) is 0 Å². The second kappa shape index (κ2) is 6.78. The van der Waals surface area contributed by atoms with Crippen molar-refractivity contribution in [1.82, 2.24) is 10.2 Å². The van der Waals surface area contributed by atoms with Gasteiger partial charge in [-0.1, -0.05) is 25.1 Å². The van der Waals surface area contributed by atoms with Crippen LogP contribution < -0.4 is 5.32 Å². The van der Waals surface area contributed by atoms with Gasteiger partial charge in [-0.2, -0.15) is 0 Å². The summed E-state index contributed by atoms with van der Waals surface area (Å²) < 4.78 is 0. The summed E-state index contributed by atoms with van der Waals surface area (Å²) in [7, 11) is 0. The van der Waals surface area contributed by atoms with Crippen LogP contribution in [0.25, 0.3) is 0 Å².